The van der Waals surface area contributed by atoms with Crippen LogP contribution >= 0.6 is 11.6 Å². The van der Waals surface area contributed by atoms with Crippen LogP contribution in [0.25, 0.3) is 0 Å². The summed E-state index contributed by atoms with van der Waals surface area (Å²) in [5.74, 6) is 0. The summed E-state index contributed by atoms with van der Waals surface area (Å²) in [7, 11) is 0. The van der Waals surface area contributed by atoms with E-state index in [-0.39, 0.29) is 6.04 Å². The lowest BCUT2D eigenvalue weighted by Gasteiger charge is -2.21. The standard InChI is InChI=1S/C10H17ClN2O3/c1-10(2,3)16-9(15)12-7-4-5-13(6-7)8(11)14/h7H,4-6H2,1-3H3,(H,12,15)/t7-/m0/s1. The van der Waals surface area contributed by atoms with Crippen molar-refractivity contribution in [2.75, 3.05) is 13.1 Å². The summed E-state index contributed by atoms with van der Waals surface area (Å²) in [6.07, 6.45) is 0.249. The molecule has 0 aliphatic carbocycles. The SMILES string of the molecule is CC(C)(C)OC(=O)N[C@H]1CCN(C(=O)Cl)C1. The van der Waals surface area contributed by atoms with Crippen LogP contribution in [0.3, 0.4) is 0 Å². The number of rotatable bonds is 1. The van der Waals surface area contributed by atoms with Crippen LogP contribution in [-0.2, 0) is 4.74 Å². The molecule has 1 aliphatic heterocycles. The number of amides is 2. The Morgan fingerprint density at radius 3 is 2.50 bits per heavy atom. The third kappa shape index (κ3) is 4.26. The molecule has 1 heterocycles. The molecule has 1 atom stereocenters. The molecule has 5 nitrogen and oxygen atoms in total. The third-order valence-corrected chi connectivity index (χ3v) is 2.40. The van der Waals surface area contributed by atoms with Crippen molar-refractivity contribution in [2.45, 2.75) is 38.8 Å². The smallest absolute Gasteiger partial charge is 0.407 e. The first-order valence-electron chi connectivity index (χ1n) is 5.22. The van der Waals surface area contributed by atoms with Gasteiger partial charge in [-0.1, -0.05) is 0 Å². The number of ether oxygens (including phenoxy) is 1. The summed E-state index contributed by atoms with van der Waals surface area (Å²) in [6.45, 7) is 6.42. The molecule has 92 valence electrons. The van der Waals surface area contributed by atoms with Gasteiger partial charge in [0.05, 0.1) is 6.04 Å². The third-order valence-electron chi connectivity index (χ3n) is 2.16. The molecule has 0 unspecified atom stereocenters. The predicted octanol–water partition coefficient (Wildman–Crippen LogP) is 1.94. The zero-order valence-electron chi connectivity index (χ0n) is 9.75. The fourth-order valence-corrected chi connectivity index (χ4v) is 1.67. The highest BCUT2D eigenvalue weighted by Gasteiger charge is 2.27. The van der Waals surface area contributed by atoms with E-state index in [0.29, 0.717) is 19.5 Å². The van der Waals surface area contributed by atoms with Gasteiger partial charge < -0.3 is 15.0 Å². The largest absolute Gasteiger partial charge is 0.444 e. The number of nitrogens with one attached hydrogen (secondary N) is 1. The van der Waals surface area contributed by atoms with Gasteiger partial charge in [-0.05, 0) is 38.8 Å². The highest BCUT2D eigenvalue weighted by atomic mass is 35.5. The molecule has 0 spiro atoms. The van der Waals surface area contributed by atoms with Crippen molar-refractivity contribution in [3.8, 4) is 0 Å². The van der Waals surface area contributed by atoms with Gasteiger partial charge in [0.25, 0.3) is 0 Å². The highest BCUT2D eigenvalue weighted by molar-refractivity contribution is 6.62. The van der Waals surface area contributed by atoms with E-state index >= 15 is 0 Å². The Labute approximate surface area is 100 Å². The quantitative estimate of drug-likeness (QED) is 0.570. The number of hydrogen-bond donors (Lipinski definition) is 1. The molecule has 0 bridgehead atoms. The number of nitrogens with zero attached hydrogens (tertiary/aromatic N) is 1. The van der Waals surface area contributed by atoms with Gasteiger partial charge in [0.15, 0.2) is 0 Å². The second-order valence-corrected chi connectivity index (χ2v) is 5.15. The first-order chi connectivity index (χ1) is 7.28. The molecule has 0 aromatic heterocycles. The van der Waals surface area contributed by atoms with Gasteiger partial charge in [-0.25, -0.2) is 4.79 Å². The minimum Gasteiger partial charge on any atom is -0.444 e. The van der Waals surface area contributed by atoms with Crippen molar-refractivity contribution in [1.82, 2.24) is 10.2 Å². The van der Waals surface area contributed by atoms with E-state index in [1.165, 1.54) is 4.90 Å². The lowest BCUT2D eigenvalue weighted by molar-refractivity contribution is 0.0506. The van der Waals surface area contributed by atoms with Crippen LogP contribution in [0.1, 0.15) is 27.2 Å². The molecule has 2 amide bonds. The molecule has 1 rings (SSSR count). The van der Waals surface area contributed by atoms with Gasteiger partial charge in [0, 0.05) is 13.1 Å². The highest BCUT2D eigenvalue weighted by Crippen LogP contribution is 2.13. The Bertz CT molecular complexity index is 288. The van der Waals surface area contributed by atoms with Crippen LogP contribution in [0, 0.1) is 0 Å². The van der Waals surface area contributed by atoms with E-state index in [1.807, 2.05) is 0 Å². The minimum atomic E-state index is -0.509. The molecule has 0 aromatic carbocycles. The van der Waals surface area contributed by atoms with Gasteiger partial charge in [0.1, 0.15) is 5.60 Å². The minimum absolute atomic E-state index is 0.0717. The molecule has 0 saturated carbocycles. The van der Waals surface area contributed by atoms with E-state index in [2.05, 4.69) is 5.32 Å². The fraction of sp³-hybridized carbons (Fsp3) is 0.800. The van der Waals surface area contributed by atoms with E-state index < -0.39 is 17.1 Å². The van der Waals surface area contributed by atoms with E-state index in [9.17, 15) is 9.59 Å². The molecule has 1 N–H and O–H groups in total. The molecular weight excluding hydrogens is 232 g/mol. The fourth-order valence-electron chi connectivity index (χ4n) is 1.51. The molecular formula is C10H17ClN2O3. The maximum absolute atomic E-state index is 11.4. The van der Waals surface area contributed by atoms with Crippen LogP contribution in [0.4, 0.5) is 9.59 Å². The van der Waals surface area contributed by atoms with Crippen molar-refractivity contribution in [3.63, 3.8) is 0 Å². The molecule has 0 aromatic rings. The van der Waals surface area contributed by atoms with E-state index in [1.54, 1.807) is 20.8 Å². The summed E-state index contributed by atoms with van der Waals surface area (Å²) >= 11 is 5.34. The predicted molar refractivity (Wildman–Crippen MR) is 60.6 cm³/mol. The lowest BCUT2D eigenvalue weighted by Crippen LogP contribution is -2.40. The van der Waals surface area contributed by atoms with Crippen molar-refractivity contribution in [2.24, 2.45) is 0 Å². The monoisotopic (exact) mass is 248 g/mol. The second kappa shape index (κ2) is 4.91. The van der Waals surface area contributed by atoms with Crippen molar-refractivity contribution in [1.29, 1.82) is 0 Å². The topological polar surface area (TPSA) is 58.6 Å². The number of carbonyl (C=O) groups excluding carboxylic acids is 2. The summed E-state index contributed by atoms with van der Waals surface area (Å²) in [6, 6.07) is -0.0717. The molecule has 0 radical (unpaired) electrons. The Morgan fingerprint density at radius 1 is 1.44 bits per heavy atom. The zero-order chi connectivity index (χ0) is 12.3. The Morgan fingerprint density at radius 2 is 2.06 bits per heavy atom. The Balaban J connectivity index is 2.34. The second-order valence-electron chi connectivity index (χ2n) is 4.83. The number of alkyl carbamates (subject to hydrolysis) is 1. The number of likely N-dealkylation sites (tertiary alicyclic amines) is 1. The summed E-state index contributed by atoms with van der Waals surface area (Å²) < 4.78 is 5.11. The normalized spacial score (nSPS) is 20.8. The molecule has 16 heavy (non-hydrogen) atoms. The van der Waals surface area contributed by atoms with E-state index in [4.69, 9.17) is 16.3 Å². The van der Waals surface area contributed by atoms with Gasteiger partial charge in [-0.15, -0.1) is 0 Å². The first-order valence-corrected chi connectivity index (χ1v) is 5.59. The van der Waals surface area contributed by atoms with Crippen molar-refractivity contribution in [3.05, 3.63) is 0 Å². The Hall–Kier alpha value is -0.970. The van der Waals surface area contributed by atoms with Gasteiger partial charge >= 0.3 is 11.5 Å². The van der Waals surface area contributed by atoms with Crippen LogP contribution in [0.2, 0.25) is 0 Å². The van der Waals surface area contributed by atoms with Crippen LogP contribution in [0.5, 0.6) is 0 Å². The van der Waals surface area contributed by atoms with Gasteiger partial charge in [-0.3, -0.25) is 4.79 Å². The van der Waals surface area contributed by atoms with Crippen LogP contribution in [0.15, 0.2) is 0 Å². The lowest BCUT2D eigenvalue weighted by atomic mass is 10.2. The number of hydrogen-bond acceptors (Lipinski definition) is 3. The summed E-state index contributed by atoms with van der Waals surface area (Å²) in [5, 5.41) is 2.23. The van der Waals surface area contributed by atoms with Crippen molar-refractivity contribution >= 4 is 23.1 Å². The van der Waals surface area contributed by atoms with Gasteiger partial charge in [-0.2, -0.15) is 0 Å². The molecule has 1 fully saturated rings. The zero-order valence-corrected chi connectivity index (χ0v) is 10.5. The molecule has 6 heteroatoms. The van der Waals surface area contributed by atoms with E-state index in [0.717, 1.165) is 0 Å². The summed E-state index contributed by atoms with van der Waals surface area (Å²) in [4.78, 5) is 23.8. The number of halogens is 1. The molecule has 1 saturated heterocycles. The number of carbonyl (C=O) groups is 2. The summed E-state index contributed by atoms with van der Waals surface area (Å²) in [5.41, 5.74) is -0.509. The average molecular weight is 249 g/mol. The average Bonchev–Trinajstić information content (AvgIpc) is 2.48. The van der Waals surface area contributed by atoms with Crippen LogP contribution < -0.4 is 5.32 Å². The van der Waals surface area contributed by atoms with Crippen molar-refractivity contribution < 1.29 is 14.3 Å². The maximum Gasteiger partial charge on any atom is 0.407 e. The first kappa shape index (κ1) is 13.1. The van der Waals surface area contributed by atoms with Crippen LogP contribution in [-0.4, -0.2) is 41.1 Å². The molecule has 1 aliphatic rings. The Kier molecular flexibility index (Phi) is 4.02. The van der Waals surface area contributed by atoms with Gasteiger partial charge in [0.2, 0.25) is 0 Å². The maximum atomic E-state index is 11.4.